The molecule has 0 aromatic carbocycles. The maximum Gasteiger partial charge on any atom is 0.225 e. The molecule has 7 heteroatoms. The second kappa shape index (κ2) is 6.91. The molecule has 2 heterocycles. The standard InChI is InChI=1S/C15H26N4O2S/c1-11(2)22(20,21)16-9-14-6-5-7-19(10-14)15-17-12(3)8-13(4)18-15/h8,11,14,16H,5-7,9-10H2,1-4H3. The molecule has 6 nitrogen and oxygen atoms in total. The van der Waals surface area contributed by atoms with Crippen LogP contribution in [0.5, 0.6) is 0 Å². The second-order valence-electron chi connectivity index (χ2n) is 6.35. The molecule has 1 unspecified atom stereocenters. The minimum absolute atomic E-state index is 0.298. The Hall–Kier alpha value is -1.21. The molecule has 0 aliphatic carbocycles. The van der Waals surface area contributed by atoms with Crippen molar-refractivity contribution in [3.8, 4) is 0 Å². The number of hydrogen-bond acceptors (Lipinski definition) is 5. The van der Waals surface area contributed by atoms with Gasteiger partial charge in [-0.2, -0.15) is 0 Å². The summed E-state index contributed by atoms with van der Waals surface area (Å²) >= 11 is 0. The number of aryl methyl sites for hydroxylation is 2. The van der Waals surface area contributed by atoms with Gasteiger partial charge in [-0.15, -0.1) is 0 Å². The van der Waals surface area contributed by atoms with E-state index in [0.717, 1.165) is 43.3 Å². The third-order valence-electron chi connectivity index (χ3n) is 3.97. The number of nitrogens with zero attached hydrogens (tertiary/aromatic N) is 3. The lowest BCUT2D eigenvalue weighted by Crippen LogP contribution is -2.43. The van der Waals surface area contributed by atoms with E-state index in [1.54, 1.807) is 13.8 Å². The average Bonchev–Trinajstić information content (AvgIpc) is 2.44. The molecule has 1 fully saturated rings. The van der Waals surface area contributed by atoms with Gasteiger partial charge in [0.2, 0.25) is 16.0 Å². The molecule has 0 radical (unpaired) electrons. The molecule has 124 valence electrons. The SMILES string of the molecule is Cc1cc(C)nc(N2CCCC(CNS(=O)(=O)C(C)C)C2)n1. The predicted octanol–water partition coefficient (Wildman–Crippen LogP) is 1.64. The number of rotatable bonds is 5. The lowest BCUT2D eigenvalue weighted by atomic mass is 9.99. The number of hydrogen-bond donors (Lipinski definition) is 1. The van der Waals surface area contributed by atoms with Crippen molar-refractivity contribution in [3.63, 3.8) is 0 Å². The van der Waals surface area contributed by atoms with Crippen molar-refractivity contribution in [2.24, 2.45) is 5.92 Å². The van der Waals surface area contributed by atoms with E-state index in [2.05, 4.69) is 19.6 Å². The van der Waals surface area contributed by atoms with Gasteiger partial charge >= 0.3 is 0 Å². The minimum atomic E-state index is -3.19. The zero-order valence-electron chi connectivity index (χ0n) is 13.8. The maximum atomic E-state index is 11.9. The molecule has 0 bridgehead atoms. The first-order valence-corrected chi connectivity index (χ1v) is 9.38. The number of piperidine rings is 1. The maximum absolute atomic E-state index is 11.9. The van der Waals surface area contributed by atoms with Crippen LogP contribution in [-0.4, -0.2) is 43.3 Å². The van der Waals surface area contributed by atoms with Crippen molar-refractivity contribution >= 4 is 16.0 Å². The van der Waals surface area contributed by atoms with Crippen LogP contribution in [-0.2, 0) is 10.0 Å². The van der Waals surface area contributed by atoms with Crippen LogP contribution in [0.15, 0.2) is 6.07 Å². The number of nitrogens with one attached hydrogen (secondary N) is 1. The molecule has 1 aliphatic heterocycles. The van der Waals surface area contributed by atoms with Crippen LogP contribution in [0.1, 0.15) is 38.1 Å². The summed E-state index contributed by atoms with van der Waals surface area (Å²) in [6, 6.07) is 1.96. The van der Waals surface area contributed by atoms with Gasteiger partial charge in [-0.05, 0) is 52.5 Å². The molecule has 0 spiro atoms. The Kier molecular flexibility index (Phi) is 5.39. The van der Waals surface area contributed by atoms with Gasteiger partial charge in [0.25, 0.3) is 0 Å². The van der Waals surface area contributed by atoms with Crippen molar-refractivity contribution in [1.29, 1.82) is 0 Å². The molecular weight excluding hydrogens is 300 g/mol. The van der Waals surface area contributed by atoms with Crippen LogP contribution in [0.4, 0.5) is 5.95 Å². The van der Waals surface area contributed by atoms with Gasteiger partial charge in [0, 0.05) is 31.0 Å². The molecular formula is C15H26N4O2S. The highest BCUT2D eigenvalue weighted by molar-refractivity contribution is 7.90. The Labute approximate surface area is 133 Å². The smallest absolute Gasteiger partial charge is 0.225 e. The summed E-state index contributed by atoms with van der Waals surface area (Å²) in [6.45, 7) is 9.53. The van der Waals surface area contributed by atoms with Gasteiger partial charge in [-0.1, -0.05) is 0 Å². The predicted molar refractivity (Wildman–Crippen MR) is 88.5 cm³/mol. The lowest BCUT2D eigenvalue weighted by Gasteiger charge is -2.33. The molecule has 0 saturated carbocycles. The third-order valence-corrected chi connectivity index (χ3v) is 5.78. The van der Waals surface area contributed by atoms with Gasteiger partial charge in [-0.3, -0.25) is 0 Å². The topological polar surface area (TPSA) is 75.2 Å². The van der Waals surface area contributed by atoms with Crippen molar-refractivity contribution in [1.82, 2.24) is 14.7 Å². The summed E-state index contributed by atoms with van der Waals surface area (Å²) in [5.41, 5.74) is 1.93. The summed E-state index contributed by atoms with van der Waals surface area (Å²) in [7, 11) is -3.19. The molecule has 1 aromatic heterocycles. The van der Waals surface area contributed by atoms with Crippen LogP contribution in [0.25, 0.3) is 0 Å². The Bertz CT molecular complexity index is 596. The summed E-state index contributed by atoms with van der Waals surface area (Å²) < 4.78 is 26.5. The summed E-state index contributed by atoms with van der Waals surface area (Å²) in [4.78, 5) is 11.2. The van der Waals surface area contributed by atoms with Crippen molar-refractivity contribution in [2.45, 2.75) is 45.8 Å². The van der Waals surface area contributed by atoms with Crippen molar-refractivity contribution in [2.75, 3.05) is 24.5 Å². The van der Waals surface area contributed by atoms with E-state index in [1.807, 2.05) is 19.9 Å². The highest BCUT2D eigenvalue weighted by atomic mass is 32.2. The van der Waals surface area contributed by atoms with Crippen LogP contribution >= 0.6 is 0 Å². The van der Waals surface area contributed by atoms with Gasteiger partial charge in [0.15, 0.2) is 0 Å². The van der Waals surface area contributed by atoms with Crippen molar-refractivity contribution < 1.29 is 8.42 Å². The summed E-state index contributed by atoms with van der Waals surface area (Å²) in [5, 5.41) is -0.394. The van der Waals surface area contributed by atoms with E-state index in [0.29, 0.717) is 12.5 Å². The fourth-order valence-corrected chi connectivity index (χ4v) is 3.46. The lowest BCUT2D eigenvalue weighted by molar-refractivity contribution is 0.406. The van der Waals surface area contributed by atoms with Gasteiger partial charge in [0.05, 0.1) is 5.25 Å². The molecule has 0 amide bonds. The van der Waals surface area contributed by atoms with E-state index < -0.39 is 15.3 Å². The van der Waals surface area contributed by atoms with Gasteiger partial charge in [-0.25, -0.2) is 23.1 Å². The van der Waals surface area contributed by atoms with Crippen LogP contribution in [0.2, 0.25) is 0 Å². The highest BCUT2D eigenvalue weighted by Gasteiger charge is 2.24. The van der Waals surface area contributed by atoms with E-state index >= 15 is 0 Å². The van der Waals surface area contributed by atoms with Gasteiger partial charge in [0.1, 0.15) is 0 Å². The number of aromatic nitrogens is 2. The Balaban J connectivity index is 2.00. The summed E-state index contributed by atoms with van der Waals surface area (Å²) in [6.07, 6.45) is 2.06. The monoisotopic (exact) mass is 326 g/mol. The molecule has 1 saturated heterocycles. The highest BCUT2D eigenvalue weighted by Crippen LogP contribution is 2.20. The van der Waals surface area contributed by atoms with E-state index in [4.69, 9.17) is 0 Å². The van der Waals surface area contributed by atoms with Crippen LogP contribution < -0.4 is 9.62 Å². The first-order chi connectivity index (χ1) is 10.3. The Morgan fingerprint density at radius 3 is 2.55 bits per heavy atom. The van der Waals surface area contributed by atoms with Crippen LogP contribution in [0, 0.1) is 19.8 Å². The normalized spacial score (nSPS) is 19.7. The number of sulfonamides is 1. The first-order valence-electron chi connectivity index (χ1n) is 7.83. The molecule has 1 aliphatic rings. The Morgan fingerprint density at radius 2 is 1.95 bits per heavy atom. The number of anilines is 1. The molecule has 1 aromatic rings. The molecule has 2 rings (SSSR count). The first kappa shape index (κ1) is 17.1. The largest absolute Gasteiger partial charge is 0.340 e. The fraction of sp³-hybridized carbons (Fsp3) is 0.733. The summed E-state index contributed by atoms with van der Waals surface area (Å²) in [5.74, 6) is 1.06. The van der Waals surface area contributed by atoms with E-state index in [9.17, 15) is 8.42 Å². The average molecular weight is 326 g/mol. The zero-order chi connectivity index (χ0) is 16.3. The Morgan fingerprint density at radius 1 is 1.32 bits per heavy atom. The van der Waals surface area contributed by atoms with Gasteiger partial charge < -0.3 is 4.90 Å². The zero-order valence-corrected chi connectivity index (χ0v) is 14.7. The molecule has 1 N–H and O–H groups in total. The minimum Gasteiger partial charge on any atom is -0.340 e. The van der Waals surface area contributed by atoms with Crippen LogP contribution in [0.3, 0.4) is 0 Å². The van der Waals surface area contributed by atoms with E-state index in [1.165, 1.54) is 0 Å². The van der Waals surface area contributed by atoms with Crippen molar-refractivity contribution in [3.05, 3.63) is 17.5 Å². The molecule has 22 heavy (non-hydrogen) atoms. The quantitative estimate of drug-likeness (QED) is 0.890. The fourth-order valence-electron chi connectivity index (χ4n) is 2.66. The van der Waals surface area contributed by atoms with E-state index in [-0.39, 0.29) is 0 Å². The second-order valence-corrected chi connectivity index (χ2v) is 8.67. The third kappa shape index (κ3) is 4.39. The molecule has 1 atom stereocenters.